The fourth-order valence-corrected chi connectivity index (χ4v) is 1.54. The summed E-state index contributed by atoms with van der Waals surface area (Å²) in [6, 6.07) is 3.41. The van der Waals surface area contributed by atoms with E-state index in [9.17, 15) is 18.3 Å². The van der Waals surface area contributed by atoms with Crippen LogP contribution in [0.15, 0.2) is 23.1 Å². The van der Waals surface area contributed by atoms with E-state index >= 15 is 0 Å². The van der Waals surface area contributed by atoms with Crippen molar-refractivity contribution in [1.82, 2.24) is 0 Å². The summed E-state index contributed by atoms with van der Waals surface area (Å²) in [5.41, 5.74) is 0. The lowest BCUT2D eigenvalue weighted by molar-refractivity contribution is -0.132. The van der Waals surface area contributed by atoms with E-state index in [4.69, 9.17) is 4.55 Å². The summed E-state index contributed by atoms with van der Waals surface area (Å²) >= 11 is 0. The average Bonchev–Trinajstić information content (AvgIpc) is 2.05. The third-order valence-electron chi connectivity index (χ3n) is 1.49. The minimum atomic E-state index is -4.53. The number of hydrogen-bond donors (Lipinski definition) is 2. The zero-order valence-corrected chi connectivity index (χ0v) is 8.48. The quantitative estimate of drug-likeness (QED) is 0.439. The molecule has 0 bridgehead atoms. The van der Waals surface area contributed by atoms with E-state index in [-0.39, 0.29) is 5.75 Å². The molecule has 0 unspecified atom stereocenters. The highest BCUT2D eigenvalue weighted by Crippen LogP contribution is 2.32. The van der Waals surface area contributed by atoms with Crippen LogP contribution in [-0.4, -0.2) is 24.0 Å². The average molecular weight is 232 g/mol. The van der Waals surface area contributed by atoms with Gasteiger partial charge in [0.05, 0.1) is 0 Å². The number of carbonyl (C=O) groups is 1. The molecule has 0 saturated heterocycles. The molecule has 0 aromatic heterocycles. The van der Waals surface area contributed by atoms with Crippen molar-refractivity contribution in [3.63, 3.8) is 0 Å². The van der Waals surface area contributed by atoms with Gasteiger partial charge in [0.25, 0.3) is 10.1 Å². The highest BCUT2D eigenvalue weighted by Gasteiger charge is 2.19. The molecule has 2 N–H and O–H groups in total. The minimum absolute atomic E-state index is 0.322. The number of rotatable bonds is 2. The molecule has 1 aromatic carbocycles. The SMILES string of the molecule is CC(=O)Oc1cccc(S(=O)(=O)O)c1O. The summed E-state index contributed by atoms with van der Waals surface area (Å²) in [6.45, 7) is 1.10. The Kier molecular flexibility index (Phi) is 2.96. The van der Waals surface area contributed by atoms with Gasteiger partial charge >= 0.3 is 5.97 Å². The van der Waals surface area contributed by atoms with Crippen LogP contribution in [0.4, 0.5) is 0 Å². The molecule has 0 aliphatic rings. The molecule has 0 heterocycles. The number of carbonyl (C=O) groups excluding carboxylic acids is 1. The highest BCUT2D eigenvalue weighted by molar-refractivity contribution is 7.86. The first-order valence-electron chi connectivity index (χ1n) is 3.80. The Morgan fingerprint density at radius 1 is 1.40 bits per heavy atom. The van der Waals surface area contributed by atoms with E-state index in [2.05, 4.69) is 4.74 Å². The summed E-state index contributed by atoms with van der Waals surface area (Å²) in [5.74, 6) is -1.83. The molecule has 1 aromatic rings. The molecule has 0 saturated carbocycles. The van der Waals surface area contributed by atoms with Crippen LogP contribution in [0, 0.1) is 0 Å². The number of phenols is 1. The van der Waals surface area contributed by atoms with E-state index in [0.717, 1.165) is 13.0 Å². The molecule has 15 heavy (non-hydrogen) atoms. The maximum atomic E-state index is 10.7. The normalized spacial score (nSPS) is 11.1. The standard InChI is InChI=1S/C8H8O6S/c1-5(9)14-6-3-2-4-7(8(6)10)15(11,12)13/h2-4,10H,1H3,(H,11,12,13). The van der Waals surface area contributed by atoms with Gasteiger partial charge < -0.3 is 9.84 Å². The molecule has 0 aliphatic carbocycles. The Labute approximate surface area is 85.9 Å². The lowest BCUT2D eigenvalue weighted by Gasteiger charge is -2.06. The van der Waals surface area contributed by atoms with Gasteiger partial charge in [-0.05, 0) is 12.1 Å². The predicted molar refractivity (Wildman–Crippen MR) is 49.2 cm³/mol. The first-order valence-corrected chi connectivity index (χ1v) is 5.24. The molecular formula is C8H8O6S. The number of aromatic hydroxyl groups is 1. The van der Waals surface area contributed by atoms with Gasteiger partial charge in [0.2, 0.25) is 0 Å². The van der Waals surface area contributed by atoms with Crippen LogP contribution >= 0.6 is 0 Å². The van der Waals surface area contributed by atoms with Crippen LogP contribution < -0.4 is 4.74 Å². The molecule has 0 atom stereocenters. The van der Waals surface area contributed by atoms with Crippen molar-refractivity contribution in [2.45, 2.75) is 11.8 Å². The van der Waals surface area contributed by atoms with Crippen LogP contribution in [0.1, 0.15) is 6.92 Å². The van der Waals surface area contributed by atoms with Crippen molar-refractivity contribution in [2.24, 2.45) is 0 Å². The Bertz CT molecular complexity index is 490. The second kappa shape index (κ2) is 3.87. The van der Waals surface area contributed by atoms with Gasteiger partial charge in [0, 0.05) is 6.92 Å². The fourth-order valence-electron chi connectivity index (χ4n) is 0.948. The van der Waals surface area contributed by atoms with E-state index in [0.29, 0.717) is 0 Å². The van der Waals surface area contributed by atoms with Crippen LogP contribution in [-0.2, 0) is 14.9 Å². The Balaban J connectivity index is 3.30. The third kappa shape index (κ3) is 2.67. The maximum absolute atomic E-state index is 10.7. The number of phenolic OH excluding ortho intramolecular Hbond substituents is 1. The number of benzene rings is 1. The monoisotopic (exact) mass is 232 g/mol. The predicted octanol–water partition coefficient (Wildman–Crippen LogP) is 0.564. The van der Waals surface area contributed by atoms with Gasteiger partial charge in [-0.25, -0.2) is 0 Å². The second-order valence-electron chi connectivity index (χ2n) is 2.67. The van der Waals surface area contributed by atoms with E-state index < -0.39 is 26.7 Å². The fraction of sp³-hybridized carbons (Fsp3) is 0.125. The van der Waals surface area contributed by atoms with Crippen molar-refractivity contribution < 1.29 is 27.6 Å². The molecule has 82 valence electrons. The summed E-state index contributed by atoms with van der Waals surface area (Å²) in [7, 11) is -4.53. The summed E-state index contributed by atoms with van der Waals surface area (Å²) in [5, 5.41) is 9.36. The van der Waals surface area contributed by atoms with Crippen molar-refractivity contribution in [3.8, 4) is 11.5 Å². The van der Waals surface area contributed by atoms with E-state index in [1.807, 2.05) is 0 Å². The smallest absolute Gasteiger partial charge is 0.308 e. The number of para-hydroxylation sites is 1. The zero-order chi connectivity index (χ0) is 11.6. The maximum Gasteiger partial charge on any atom is 0.308 e. The Hall–Kier alpha value is -1.60. The lowest BCUT2D eigenvalue weighted by Crippen LogP contribution is -2.04. The van der Waals surface area contributed by atoms with Gasteiger partial charge in [0.1, 0.15) is 4.90 Å². The van der Waals surface area contributed by atoms with E-state index in [1.54, 1.807) is 0 Å². The van der Waals surface area contributed by atoms with Gasteiger partial charge in [-0.15, -0.1) is 0 Å². The summed E-state index contributed by atoms with van der Waals surface area (Å²) in [6.07, 6.45) is 0. The van der Waals surface area contributed by atoms with Crippen molar-refractivity contribution in [2.75, 3.05) is 0 Å². The Morgan fingerprint density at radius 2 is 2.00 bits per heavy atom. The first kappa shape index (κ1) is 11.5. The third-order valence-corrected chi connectivity index (χ3v) is 2.38. The molecule has 6 nitrogen and oxygen atoms in total. The molecule has 1 rings (SSSR count). The van der Waals surface area contributed by atoms with Crippen LogP contribution in [0.25, 0.3) is 0 Å². The van der Waals surface area contributed by atoms with E-state index in [1.165, 1.54) is 12.1 Å². The largest absolute Gasteiger partial charge is 0.503 e. The molecule has 0 aliphatic heterocycles. The van der Waals surface area contributed by atoms with Gasteiger partial charge in [-0.1, -0.05) is 6.07 Å². The van der Waals surface area contributed by atoms with Crippen LogP contribution in [0.5, 0.6) is 11.5 Å². The van der Waals surface area contributed by atoms with Crippen LogP contribution in [0.3, 0.4) is 0 Å². The van der Waals surface area contributed by atoms with Gasteiger partial charge in [0.15, 0.2) is 11.5 Å². The molecule has 0 amide bonds. The van der Waals surface area contributed by atoms with Gasteiger partial charge in [-0.3, -0.25) is 9.35 Å². The number of esters is 1. The molecule has 0 fully saturated rings. The lowest BCUT2D eigenvalue weighted by atomic mass is 10.3. The highest BCUT2D eigenvalue weighted by atomic mass is 32.2. The number of ether oxygens (including phenoxy) is 1. The van der Waals surface area contributed by atoms with Crippen molar-refractivity contribution in [1.29, 1.82) is 0 Å². The molecule has 0 spiro atoms. The second-order valence-corrected chi connectivity index (χ2v) is 4.06. The van der Waals surface area contributed by atoms with Crippen molar-refractivity contribution >= 4 is 16.1 Å². The van der Waals surface area contributed by atoms with Gasteiger partial charge in [-0.2, -0.15) is 8.42 Å². The molecule has 7 heteroatoms. The topological polar surface area (TPSA) is 101 Å². The minimum Gasteiger partial charge on any atom is -0.503 e. The Morgan fingerprint density at radius 3 is 2.47 bits per heavy atom. The van der Waals surface area contributed by atoms with Crippen molar-refractivity contribution in [3.05, 3.63) is 18.2 Å². The summed E-state index contributed by atoms with van der Waals surface area (Å²) in [4.78, 5) is 9.87. The van der Waals surface area contributed by atoms with Crippen LogP contribution in [0.2, 0.25) is 0 Å². The number of hydrogen-bond acceptors (Lipinski definition) is 5. The first-order chi connectivity index (χ1) is 6.82. The molecule has 0 radical (unpaired) electrons. The zero-order valence-electron chi connectivity index (χ0n) is 7.67. The summed E-state index contributed by atoms with van der Waals surface area (Å²) < 4.78 is 34.7. The molecular weight excluding hydrogens is 224 g/mol.